The van der Waals surface area contributed by atoms with Crippen LogP contribution in [0.25, 0.3) is 0 Å². The van der Waals surface area contributed by atoms with Crippen LogP contribution in [-0.4, -0.2) is 25.2 Å². The van der Waals surface area contributed by atoms with E-state index in [1.807, 2.05) is 12.1 Å². The SMILES string of the molecule is O=C1CCCN1S(=O)(=O)c1ccccc1C1CCCC1. The van der Waals surface area contributed by atoms with Crippen LogP contribution < -0.4 is 0 Å². The maximum absolute atomic E-state index is 12.7. The average molecular weight is 293 g/mol. The first-order chi connectivity index (χ1) is 9.60. The molecule has 3 rings (SSSR count). The van der Waals surface area contributed by atoms with Crippen molar-refractivity contribution in [1.29, 1.82) is 0 Å². The van der Waals surface area contributed by atoms with Gasteiger partial charge in [-0.15, -0.1) is 0 Å². The first-order valence-electron chi connectivity index (χ1n) is 7.25. The summed E-state index contributed by atoms with van der Waals surface area (Å²) in [5.41, 5.74) is 0.893. The van der Waals surface area contributed by atoms with Crippen molar-refractivity contribution in [3.63, 3.8) is 0 Å². The van der Waals surface area contributed by atoms with Gasteiger partial charge in [0.2, 0.25) is 5.91 Å². The predicted octanol–water partition coefficient (Wildman–Crippen LogP) is 2.66. The van der Waals surface area contributed by atoms with Crippen LogP contribution in [0.1, 0.15) is 50.0 Å². The molecule has 0 aromatic heterocycles. The van der Waals surface area contributed by atoms with Crippen molar-refractivity contribution < 1.29 is 13.2 Å². The zero-order valence-corrected chi connectivity index (χ0v) is 12.2. The van der Waals surface area contributed by atoms with Crippen molar-refractivity contribution in [2.75, 3.05) is 6.54 Å². The lowest BCUT2D eigenvalue weighted by molar-refractivity contribution is -0.123. The number of hydrogen-bond donors (Lipinski definition) is 0. The topological polar surface area (TPSA) is 54.5 Å². The van der Waals surface area contributed by atoms with Crippen LogP contribution in [0.3, 0.4) is 0 Å². The van der Waals surface area contributed by atoms with E-state index in [0.717, 1.165) is 35.6 Å². The fraction of sp³-hybridized carbons (Fsp3) is 0.533. The number of sulfonamides is 1. The van der Waals surface area contributed by atoms with E-state index >= 15 is 0 Å². The Balaban J connectivity index is 2.03. The van der Waals surface area contributed by atoms with E-state index in [1.165, 1.54) is 0 Å². The van der Waals surface area contributed by atoms with Crippen LogP contribution in [0.5, 0.6) is 0 Å². The molecule has 0 N–H and O–H groups in total. The van der Waals surface area contributed by atoms with Gasteiger partial charge in [-0.2, -0.15) is 0 Å². The van der Waals surface area contributed by atoms with Gasteiger partial charge in [-0.1, -0.05) is 31.0 Å². The summed E-state index contributed by atoms with van der Waals surface area (Å²) in [7, 11) is -3.67. The lowest BCUT2D eigenvalue weighted by atomic mass is 9.98. The number of amides is 1. The minimum absolute atomic E-state index is 0.272. The van der Waals surface area contributed by atoms with Gasteiger partial charge in [-0.05, 0) is 36.8 Å². The zero-order chi connectivity index (χ0) is 14.2. The summed E-state index contributed by atoms with van der Waals surface area (Å²) in [6, 6.07) is 7.18. The molecule has 20 heavy (non-hydrogen) atoms. The quantitative estimate of drug-likeness (QED) is 0.861. The minimum atomic E-state index is -3.67. The number of nitrogens with zero attached hydrogens (tertiary/aromatic N) is 1. The molecule has 1 amide bonds. The Morgan fingerprint density at radius 3 is 2.40 bits per heavy atom. The molecule has 1 aliphatic carbocycles. The molecule has 0 unspecified atom stereocenters. The summed E-state index contributed by atoms with van der Waals surface area (Å²) in [5.74, 6) is 0.0462. The second-order valence-electron chi connectivity index (χ2n) is 5.59. The van der Waals surface area contributed by atoms with Crippen molar-refractivity contribution >= 4 is 15.9 Å². The Labute approximate surface area is 119 Å². The lowest BCUT2D eigenvalue weighted by Crippen LogP contribution is -2.32. The maximum Gasteiger partial charge on any atom is 0.266 e. The Bertz CT molecular complexity index is 618. The van der Waals surface area contributed by atoms with Crippen molar-refractivity contribution in [2.24, 2.45) is 0 Å². The Kier molecular flexibility index (Phi) is 3.54. The normalized spacial score (nSPS) is 20.8. The third kappa shape index (κ3) is 2.24. The highest BCUT2D eigenvalue weighted by atomic mass is 32.2. The molecular formula is C15H19NO3S. The smallest absolute Gasteiger partial charge is 0.266 e. The second kappa shape index (κ2) is 5.20. The van der Waals surface area contributed by atoms with E-state index in [4.69, 9.17) is 0 Å². The molecule has 0 radical (unpaired) electrons. The summed E-state index contributed by atoms with van der Waals surface area (Å²) >= 11 is 0. The van der Waals surface area contributed by atoms with Gasteiger partial charge in [0.25, 0.3) is 10.0 Å². The summed E-state index contributed by atoms with van der Waals surface area (Å²) < 4.78 is 26.5. The highest BCUT2D eigenvalue weighted by Crippen LogP contribution is 2.38. The number of carbonyl (C=O) groups is 1. The molecule has 1 heterocycles. The van der Waals surface area contributed by atoms with Crippen LogP contribution in [0.15, 0.2) is 29.2 Å². The molecule has 0 atom stereocenters. The van der Waals surface area contributed by atoms with Crippen molar-refractivity contribution in [3.8, 4) is 0 Å². The number of rotatable bonds is 3. The third-order valence-electron chi connectivity index (χ3n) is 4.31. The minimum Gasteiger partial charge on any atom is -0.274 e. The Morgan fingerprint density at radius 1 is 1.05 bits per heavy atom. The van der Waals surface area contributed by atoms with Gasteiger partial charge in [0.05, 0.1) is 4.90 Å². The van der Waals surface area contributed by atoms with Crippen molar-refractivity contribution in [3.05, 3.63) is 29.8 Å². The van der Waals surface area contributed by atoms with Crippen LogP contribution in [-0.2, 0) is 14.8 Å². The summed E-state index contributed by atoms with van der Waals surface area (Å²) in [6.45, 7) is 0.320. The monoisotopic (exact) mass is 293 g/mol. The van der Waals surface area contributed by atoms with Crippen LogP contribution in [0.2, 0.25) is 0 Å². The van der Waals surface area contributed by atoms with Gasteiger partial charge >= 0.3 is 0 Å². The zero-order valence-electron chi connectivity index (χ0n) is 11.4. The highest BCUT2D eigenvalue weighted by Gasteiger charge is 2.35. The van der Waals surface area contributed by atoms with Gasteiger partial charge in [-0.25, -0.2) is 12.7 Å². The Morgan fingerprint density at radius 2 is 1.75 bits per heavy atom. The molecule has 1 saturated heterocycles. The predicted molar refractivity (Wildman–Crippen MR) is 75.8 cm³/mol. The number of carbonyl (C=O) groups excluding carboxylic acids is 1. The molecule has 2 aliphatic rings. The summed E-state index contributed by atoms with van der Waals surface area (Å²) in [5, 5.41) is 0. The van der Waals surface area contributed by atoms with E-state index in [0.29, 0.717) is 30.2 Å². The molecule has 2 fully saturated rings. The molecular weight excluding hydrogens is 274 g/mol. The molecule has 108 valence electrons. The Hall–Kier alpha value is -1.36. The molecule has 1 aliphatic heterocycles. The van der Waals surface area contributed by atoms with Gasteiger partial charge in [-0.3, -0.25) is 4.79 Å². The van der Waals surface area contributed by atoms with Gasteiger partial charge in [0, 0.05) is 13.0 Å². The first kappa shape index (κ1) is 13.6. The standard InChI is InChI=1S/C15H19NO3S/c17-15-10-5-11-16(15)20(18,19)14-9-4-3-8-13(14)12-6-1-2-7-12/h3-4,8-9,12H,1-2,5-7,10-11H2. The fourth-order valence-corrected chi connectivity index (χ4v) is 5.04. The van der Waals surface area contributed by atoms with E-state index in [9.17, 15) is 13.2 Å². The molecule has 0 bridgehead atoms. The van der Waals surface area contributed by atoms with E-state index < -0.39 is 10.0 Å². The molecule has 0 spiro atoms. The fourth-order valence-electron chi connectivity index (χ4n) is 3.29. The highest BCUT2D eigenvalue weighted by molar-refractivity contribution is 7.89. The molecule has 1 aromatic carbocycles. The molecule has 1 saturated carbocycles. The first-order valence-corrected chi connectivity index (χ1v) is 8.69. The summed E-state index contributed by atoms with van der Waals surface area (Å²) in [6.07, 6.45) is 5.36. The second-order valence-corrected chi connectivity index (χ2v) is 7.42. The average Bonchev–Trinajstić information content (AvgIpc) is 3.09. The van der Waals surface area contributed by atoms with Crippen molar-refractivity contribution in [2.45, 2.75) is 49.3 Å². The largest absolute Gasteiger partial charge is 0.274 e. The van der Waals surface area contributed by atoms with E-state index in [2.05, 4.69) is 0 Å². The lowest BCUT2D eigenvalue weighted by Gasteiger charge is -2.20. The van der Waals surface area contributed by atoms with E-state index in [1.54, 1.807) is 12.1 Å². The van der Waals surface area contributed by atoms with Crippen LogP contribution in [0, 0.1) is 0 Å². The number of benzene rings is 1. The third-order valence-corrected chi connectivity index (χ3v) is 6.21. The van der Waals surface area contributed by atoms with Gasteiger partial charge in [0.1, 0.15) is 0 Å². The van der Waals surface area contributed by atoms with Gasteiger partial charge < -0.3 is 0 Å². The maximum atomic E-state index is 12.7. The van der Waals surface area contributed by atoms with Crippen LogP contribution >= 0.6 is 0 Å². The van der Waals surface area contributed by atoms with Gasteiger partial charge in [0.15, 0.2) is 0 Å². The van der Waals surface area contributed by atoms with Crippen molar-refractivity contribution in [1.82, 2.24) is 4.31 Å². The molecule has 1 aromatic rings. The van der Waals surface area contributed by atoms with Crippen LogP contribution in [0.4, 0.5) is 0 Å². The molecule has 5 heteroatoms. The molecule has 4 nitrogen and oxygen atoms in total. The number of hydrogen-bond acceptors (Lipinski definition) is 3. The summed E-state index contributed by atoms with van der Waals surface area (Å²) in [4.78, 5) is 12.1. The van der Waals surface area contributed by atoms with E-state index in [-0.39, 0.29) is 5.91 Å².